The lowest BCUT2D eigenvalue weighted by molar-refractivity contribution is -0.0770. The van der Waals surface area contributed by atoms with Crippen molar-refractivity contribution in [3.63, 3.8) is 0 Å². The summed E-state index contributed by atoms with van der Waals surface area (Å²) in [6.07, 6.45) is 1.29. The van der Waals surface area contributed by atoms with Gasteiger partial charge in [-0.15, -0.1) is 11.3 Å². The summed E-state index contributed by atoms with van der Waals surface area (Å²) >= 11 is 1.45. The van der Waals surface area contributed by atoms with Crippen LogP contribution in [0.25, 0.3) is 0 Å². The van der Waals surface area contributed by atoms with Crippen molar-refractivity contribution in [3.05, 3.63) is 50.7 Å². The molecule has 0 saturated carbocycles. The Balaban J connectivity index is 2.07. The van der Waals surface area contributed by atoms with E-state index in [9.17, 15) is 9.90 Å². The number of nitrogens with one attached hydrogen (secondary N) is 1. The third kappa shape index (κ3) is 6.06. The van der Waals surface area contributed by atoms with Crippen LogP contribution >= 0.6 is 11.3 Å². The van der Waals surface area contributed by atoms with Gasteiger partial charge >= 0.3 is 0 Å². The third-order valence-electron chi connectivity index (χ3n) is 4.85. The number of hydrogen-bond donors (Lipinski definition) is 2. The molecule has 0 bridgehead atoms. The van der Waals surface area contributed by atoms with E-state index in [2.05, 4.69) is 45.1 Å². The Hall–Kier alpha value is -1.89. The molecule has 2 N–H and O–H groups in total. The van der Waals surface area contributed by atoms with Crippen LogP contribution in [0.3, 0.4) is 0 Å². The second-order valence-corrected chi connectivity index (χ2v) is 8.13. The molecule has 2 atom stereocenters. The molecule has 1 aromatic carbocycles. The molecule has 0 radical (unpaired) electrons. The summed E-state index contributed by atoms with van der Waals surface area (Å²) in [5, 5.41) is 12.2. The molecule has 1 aromatic heterocycles. The summed E-state index contributed by atoms with van der Waals surface area (Å²) in [5.41, 5.74) is 3.72. The van der Waals surface area contributed by atoms with Gasteiger partial charge in [-0.2, -0.15) is 0 Å². The van der Waals surface area contributed by atoms with E-state index in [0.717, 1.165) is 23.5 Å². The summed E-state index contributed by atoms with van der Waals surface area (Å²) in [7, 11) is 1.43. The van der Waals surface area contributed by atoms with E-state index >= 15 is 0 Å². The number of aliphatic hydroxyl groups is 1. The Labute approximate surface area is 171 Å². The van der Waals surface area contributed by atoms with Crippen molar-refractivity contribution in [2.45, 2.75) is 59.4 Å². The highest BCUT2D eigenvalue weighted by Gasteiger charge is 2.18. The Bertz CT molecular complexity index is 764. The second kappa shape index (κ2) is 10.6. The van der Waals surface area contributed by atoms with Crippen LogP contribution in [0.4, 0.5) is 0 Å². The van der Waals surface area contributed by atoms with E-state index in [1.807, 2.05) is 12.1 Å². The number of amides is 1. The Kier molecular flexibility index (Phi) is 8.48. The van der Waals surface area contributed by atoms with Crippen molar-refractivity contribution in [2.24, 2.45) is 0 Å². The van der Waals surface area contributed by atoms with E-state index < -0.39 is 6.29 Å². The number of carbonyl (C=O) groups is 1. The molecule has 2 unspecified atom stereocenters. The first-order chi connectivity index (χ1) is 13.3. The number of thiophene rings is 1. The topological polar surface area (TPSA) is 67.8 Å². The van der Waals surface area contributed by atoms with E-state index in [1.54, 1.807) is 0 Å². The fourth-order valence-electron chi connectivity index (χ4n) is 2.91. The zero-order valence-electron chi connectivity index (χ0n) is 17.4. The van der Waals surface area contributed by atoms with Crippen LogP contribution in [0.15, 0.2) is 24.3 Å². The van der Waals surface area contributed by atoms with Gasteiger partial charge in [-0.1, -0.05) is 13.3 Å². The normalized spacial score (nSPS) is 13.2. The fraction of sp³-hybridized carbons (Fsp3) is 0.500. The molecule has 0 aliphatic heterocycles. The van der Waals surface area contributed by atoms with Gasteiger partial charge in [0.05, 0.1) is 4.88 Å². The van der Waals surface area contributed by atoms with Gasteiger partial charge < -0.3 is 19.9 Å². The van der Waals surface area contributed by atoms with Crippen molar-refractivity contribution < 1.29 is 19.4 Å². The van der Waals surface area contributed by atoms with Crippen LogP contribution in [0, 0.1) is 20.8 Å². The van der Waals surface area contributed by atoms with Gasteiger partial charge in [-0.25, -0.2) is 0 Å². The fourth-order valence-corrected chi connectivity index (χ4v) is 3.90. The monoisotopic (exact) mass is 405 g/mol. The van der Waals surface area contributed by atoms with Gasteiger partial charge in [0.25, 0.3) is 5.91 Å². The van der Waals surface area contributed by atoms with E-state index in [-0.39, 0.29) is 12.0 Å². The van der Waals surface area contributed by atoms with E-state index in [1.165, 1.54) is 35.1 Å². The number of aliphatic hydroxyl groups excluding tert-OH is 1. The predicted octanol–water partition coefficient (Wildman–Crippen LogP) is 4.68. The van der Waals surface area contributed by atoms with Crippen molar-refractivity contribution >= 4 is 17.2 Å². The molecule has 6 heteroatoms. The van der Waals surface area contributed by atoms with Crippen LogP contribution < -0.4 is 10.1 Å². The SMILES string of the molecule is CCCC(Oc1cc(C)c(C)c(C)c1)c1ccc(C(=O)NCCC(O)OC)s1. The molecule has 0 aliphatic carbocycles. The maximum Gasteiger partial charge on any atom is 0.261 e. The summed E-state index contributed by atoms with van der Waals surface area (Å²) in [6, 6.07) is 7.96. The third-order valence-corrected chi connectivity index (χ3v) is 6.02. The molecule has 0 fully saturated rings. The van der Waals surface area contributed by atoms with Crippen molar-refractivity contribution in [3.8, 4) is 5.75 Å². The first-order valence-corrected chi connectivity index (χ1v) is 10.5. The quantitative estimate of drug-likeness (QED) is 0.563. The first-order valence-electron chi connectivity index (χ1n) is 9.69. The lowest BCUT2D eigenvalue weighted by Gasteiger charge is -2.19. The van der Waals surface area contributed by atoms with Gasteiger partial charge in [0.2, 0.25) is 0 Å². The number of methoxy groups -OCH3 is 1. The highest BCUT2D eigenvalue weighted by Crippen LogP contribution is 2.32. The molecule has 1 heterocycles. The Morgan fingerprint density at radius 3 is 2.46 bits per heavy atom. The van der Waals surface area contributed by atoms with Crippen LogP contribution in [0.5, 0.6) is 5.75 Å². The molecule has 0 saturated heterocycles. The summed E-state index contributed by atoms with van der Waals surface area (Å²) in [6.45, 7) is 8.80. The number of hydrogen-bond acceptors (Lipinski definition) is 5. The second-order valence-electron chi connectivity index (χ2n) is 7.01. The van der Waals surface area contributed by atoms with Gasteiger partial charge in [0.15, 0.2) is 6.29 Å². The molecule has 28 heavy (non-hydrogen) atoms. The van der Waals surface area contributed by atoms with Gasteiger partial charge in [0, 0.05) is 25.0 Å². The highest BCUT2D eigenvalue weighted by atomic mass is 32.1. The van der Waals surface area contributed by atoms with E-state index in [0.29, 0.717) is 17.8 Å². The maximum absolute atomic E-state index is 12.3. The average Bonchev–Trinajstić information content (AvgIpc) is 3.15. The molecule has 1 amide bonds. The molecule has 2 rings (SSSR count). The molecular weight excluding hydrogens is 374 g/mol. The standard InChI is InChI=1S/C22H31NO4S/c1-6-7-18(27-17-12-14(2)16(4)15(3)13-17)19-8-9-20(28-19)22(25)23-11-10-21(24)26-5/h8-9,12-13,18,21,24H,6-7,10-11H2,1-5H3,(H,23,25). The zero-order chi connectivity index (χ0) is 20.7. The van der Waals surface area contributed by atoms with Crippen molar-refractivity contribution in [2.75, 3.05) is 13.7 Å². The summed E-state index contributed by atoms with van der Waals surface area (Å²) in [5.74, 6) is 0.726. The lowest BCUT2D eigenvalue weighted by Crippen LogP contribution is -2.27. The molecule has 154 valence electrons. The first kappa shape index (κ1) is 22.4. The summed E-state index contributed by atoms with van der Waals surface area (Å²) < 4.78 is 11.1. The number of rotatable bonds is 10. The van der Waals surface area contributed by atoms with Crippen LogP contribution in [-0.2, 0) is 4.74 Å². The minimum absolute atomic E-state index is 0.0756. The van der Waals surface area contributed by atoms with Crippen LogP contribution in [0.2, 0.25) is 0 Å². The predicted molar refractivity (Wildman–Crippen MR) is 113 cm³/mol. The number of carbonyl (C=O) groups excluding carboxylic acids is 1. The zero-order valence-corrected chi connectivity index (χ0v) is 18.2. The van der Waals surface area contributed by atoms with Gasteiger partial charge in [-0.05, 0) is 68.1 Å². The molecular formula is C22H31NO4S. The van der Waals surface area contributed by atoms with Gasteiger partial charge in [-0.3, -0.25) is 4.79 Å². The summed E-state index contributed by atoms with van der Waals surface area (Å²) in [4.78, 5) is 14.0. The minimum Gasteiger partial charge on any atom is -0.485 e. The van der Waals surface area contributed by atoms with Crippen LogP contribution in [-0.4, -0.2) is 31.0 Å². The molecule has 0 aliphatic rings. The molecule has 0 spiro atoms. The minimum atomic E-state index is -0.858. The highest BCUT2D eigenvalue weighted by molar-refractivity contribution is 7.14. The number of aryl methyl sites for hydroxylation is 2. The number of benzene rings is 1. The maximum atomic E-state index is 12.3. The van der Waals surface area contributed by atoms with Crippen LogP contribution in [0.1, 0.15) is 63.5 Å². The lowest BCUT2D eigenvalue weighted by atomic mass is 10.0. The Morgan fingerprint density at radius 1 is 1.18 bits per heavy atom. The Morgan fingerprint density at radius 2 is 1.86 bits per heavy atom. The molecule has 5 nitrogen and oxygen atoms in total. The van der Waals surface area contributed by atoms with E-state index in [4.69, 9.17) is 9.47 Å². The molecule has 2 aromatic rings. The largest absolute Gasteiger partial charge is 0.485 e. The average molecular weight is 406 g/mol. The number of ether oxygens (including phenoxy) is 2. The van der Waals surface area contributed by atoms with Crippen molar-refractivity contribution in [1.82, 2.24) is 5.32 Å². The smallest absolute Gasteiger partial charge is 0.261 e. The van der Waals surface area contributed by atoms with Gasteiger partial charge in [0.1, 0.15) is 11.9 Å². The van der Waals surface area contributed by atoms with Crippen molar-refractivity contribution in [1.29, 1.82) is 0 Å².